The number of halogens is 1. The van der Waals surface area contributed by atoms with Crippen LogP contribution in [-0.2, 0) is 6.61 Å². The molecule has 5 heteroatoms. The second kappa shape index (κ2) is 4.55. The van der Waals surface area contributed by atoms with Gasteiger partial charge in [-0.3, -0.25) is 0 Å². The van der Waals surface area contributed by atoms with Gasteiger partial charge in [-0.05, 0) is 18.2 Å². The van der Waals surface area contributed by atoms with Gasteiger partial charge in [0, 0.05) is 23.8 Å². The Balaban J connectivity index is 2.49. The zero-order chi connectivity index (χ0) is 11.5. The molecule has 1 aromatic heterocycles. The summed E-state index contributed by atoms with van der Waals surface area (Å²) in [7, 11) is 1.84. The van der Waals surface area contributed by atoms with E-state index in [1.807, 2.05) is 25.2 Å². The Kier molecular flexibility index (Phi) is 3.12. The quantitative estimate of drug-likeness (QED) is 0.859. The molecule has 0 aliphatic rings. The minimum atomic E-state index is -0.0184. The Morgan fingerprint density at radius 1 is 1.50 bits per heavy atom. The molecule has 0 aliphatic carbocycles. The number of nitrogens with zero attached hydrogens (tertiary/aromatic N) is 2. The van der Waals surface area contributed by atoms with Crippen molar-refractivity contribution in [2.24, 2.45) is 0 Å². The molecule has 1 aromatic carbocycles. The predicted octanol–water partition coefficient (Wildman–Crippen LogP) is 2.06. The number of hydrogen-bond acceptors (Lipinski definition) is 3. The number of benzene rings is 1. The second-order valence-corrected chi connectivity index (χ2v) is 3.80. The van der Waals surface area contributed by atoms with E-state index in [4.69, 9.17) is 16.7 Å². The minimum absolute atomic E-state index is 0.0184. The summed E-state index contributed by atoms with van der Waals surface area (Å²) >= 11 is 5.95. The highest BCUT2D eigenvalue weighted by Crippen LogP contribution is 2.23. The van der Waals surface area contributed by atoms with E-state index in [2.05, 4.69) is 10.4 Å². The Hall–Kier alpha value is -1.52. The highest BCUT2D eigenvalue weighted by Gasteiger charge is 2.06. The van der Waals surface area contributed by atoms with Crippen molar-refractivity contribution in [3.63, 3.8) is 0 Å². The number of aliphatic hydroxyl groups is 1. The Labute approximate surface area is 98.5 Å². The number of rotatable bonds is 3. The van der Waals surface area contributed by atoms with E-state index < -0.39 is 0 Å². The van der Waals surface area contributed by atoms with E-state index in [1.54, 1.807) is 17.1 Å². The maximum Gasteiger partial charge on any atom is 0.0891 e. The summed E-state index contributed by atoms with van der Waals surface area (Å²) in [4.78, 5) is 0. The number of anilines is 1. The maximum atomic E-state index is 8.98. The summed E-state index contributed by atoms with van der Waals surface area (Å²) in [5.41, 5.74) is 2.55. The maximum absolute atomic E-state index is 8.98. The SMILES string of the molecule is CNc1ccc(Cl)cc1-n1cc(CO)cn1. The average Bonchev–Trinajstić information content (AvgIpc) is 2.77. The molecule has 4 nitrogen and oxygen atoms in total. The molecule has 0 fully saturated rings. The first-order valence-electron chi connectivity index (χ1n) is 4.86. The Morgan fingerprint density at radius 2 is 2.31 bits per heavy atom. The number of hydrogen-bond donors (Lipinski definition) is 2. The van der Waals surface area contributed by atoms with Gasteiger partial charge in [-0.15, -0.1) is 0 Å². The fourth-order valence-corrected chi connectivity index (χ4v) is 1.65. The molecule has 0 saturated carbocycles. The summed E-state index contributed by atoms with van der Waals surface area (Å²) in [6.07, 6.45) is 3.40. The van der Waals surface area contributed by atoms with Gasteiger partial charge in [0.05, 0.1) is 24.2 Å². The summed E-state index contributed by atoms with van der Waals surface area (Å²) in [5.74, 6) is 0. The van der Waals surface area contributed by atoms with Gasteiger partial charge in [0.15, 0.2) is 0 Å². The standard InChI is InChI=1S/C11H12ClN3O/c1-13-10-3-2-9(12)4-11(10)15-6-8(7-16)5-14-15/h2-6,13,16H,7H2,1H3. The molecule has 0 aliphatic heterocycles. The van der Waals surface area contributed by atoms with Gasteiger partial charge in [0.25, 0.3) is 0 Å². The summed E-state index contributed by atoms with van der Waals surface area (Å²) in [5, 5.41) is 16.9. The highest BCUT2D eigenvalue weighted by atomic mass is 35.5. The van der Waals surface area contributed by atoms with E-state index in [1.165, 1.54) is 0 Å². The second-order valence-electron chi connectivity index (χ2n) is 3.36. The normalized spacial score (nSPS) is 10.4. The van der Waals surface area contributed by atoms with E-state index in [-0.39, 0.29) is 6.61 Å². The molecule has 0 bridgehead atoms. The molecule has 2 N–H and O–H groups in total. The van der Waals surface area contributed by atoms with Crippen molar-refractivity contribution in [1.29, 1.82) is 0 Å². The van der Waals surface area contributed by atoms with Gasteiger partial charge < -0.3 is 10.4 Å². The van der Waals surface area contributed by atoms with Crippen LogP contribution in [0.2, 0.25) is 5.02 Å². The van der Waals surface area contributed by atoms with Gasteiger partial charge in [-0.2, -0.15) is 5.10 Å². The topological polar surface area (TPSA) is 50.1 Å². The van der Waals surface area contributed by atoms with Crippen molar-refractivity contribution < 1.29 is 5.11 Å². The lowest BCUT2D eigenvalue weighted by Crippen LogP contribution is -2.00. The molecule has 2 rings (SSSR count). The van der Waals surface area contributed by atoms with E-state index in [0.717, 1.165) is 16.9 Å². The van der Waals surface area contributed by atoms with Crippen molar-refractivity contribution in [2.75, 3.05) is 12.4 Å². The first-order chi connectivity index (χ1) is 7.74. The fraction of sp³-hybridized carbons (Fsp3) is 0.182. The molecule has 1 heterocycles. The van der Waals surface area contributed by atoms with Crippen molar-refractivity contribution in [3.8, 4) is 5.69 Å². The van der Waals surface area contributed by atoms with Crippen LogP contribution in [0.5, 0.6) is 0 Å². The van der Waals surface area contributed by atoms with Crippen LogP contribution in [0.25, 0.3) is 5.69 Å². The fourth-order valence-electron chi connectivity index (χ4n) is 1.48. The van der Waals surface area contributed by atoms with Gasteiger partial charge in [-0.25, -0.2) is 4.68 Å². The minimum Gasteiger partial charge on any atom is -0.392 e. The monoisotopic (exact) mass is 237 g/mol. The summed E-state index contributed by atoms with van der Waals surface area (Å²) < 4.78 is 1.68. The van der Waals surface area contributed by atoms with Gasteiger partial charge >= 0.3 is 0 Å². The zero-order valence-electron chi connectivity index (χ0n) is 8.81. The van der Waals surface area contributed by atoms with Crippen LogP contribution in [0.4, 0.5) is 5.69 Å². The zero-order valence-corrected chi connectivity index (χ0v) is 9.57. The molecule has 0 atom stereocenters. The molecule has 0 amide bonds. The summed E-state index contributed by atoms with van der Waals surface area (Å²) in [6, 6.07) is 5.52. The molecule has 84 valence electrons. The largest absolute Gasteiger partial charge is 0.392 e. The van der Waals surface area contributed by atoms with Crippen LogP contribution < -0.4 is 5.32 Å². The van der Waals surface area contributed by atoms with Crippen LogP contribution in [-0.4, -0.2) is 21.9 Å². The van der Waals surface area contributed by atoms with E-state index >= 15 is 0 Å². The van der Waals surface area contributed by atoms with Crippen molar-refractivity contribution in [1.82, 2.24) is 9.78 Å². The van der Waals surface area contributed by atoms with E-state index in [0.29, 0.717) is 5.02 Å². The molecule has 0 unspecified atom stereocenters. The van der Waals surface area contributed by atoms with Crippen LogP contribution in [0.15, 0.2) is 30.6 Å². The Morgan fingerprint density at radius 3 is 2.94 bits per heavy atom. The van der Waals surface area contributed by atoms with Crippen LogP contribution >= 0.6 is 11.6 Å². The number of nitrogens with one attached hydrogen (secondary N) is 1. The van der Waals surface area contributed by atoms with Crippen LogP contribution in [0, 0.1) is 0 Å². The smallest absolute Gasteiger partial charge is 0.0891 e. The molecule has 0 radical (unpaired) electrons. The first kappa shape index (κ1) is 11.0. The number of aliphatic hydroxyl groups excluding tert-OH is 1. The molecule has 2 aromatic rings. The third-order valence-electron chi connectivity index (χ3n) is 2.29. The van der Waals surface area contributed by atoms with Gasteiger partial charge in [0.2, 0.25) is 0 Å². The first-order valence-corrected chi connectivity index (χ1v) is 5.24. The summed E-state index contributed by atoms with van der Waals surface area (Å²) in [6.45, 7) is -0.0184. The lowest BCUT2D eigenvalue weighted by atomic mass is 10.2. The molecule has 0 saturated heterocycles. The third kappa shape index (κ3) is 2.03. The lowest BCUT2D eigenvalue weighted by Gasteiger charge is -2.09. The Bertz CT molecular complexity index is 496. The third-order valence-corrected chi connectivity index (χ3v) is 2.53. The van der Waals surface area contributed by atoms with Crippen LogP contribution in [0.3, 0.4) is 0 Å². The molecular formula is C11H12ClN3O. The molecule has 0 spiro atoms. The van der Waals surface area contributed by atoms with E-state index in [9.17, 15) is 0 Å². The van der Waals surface area contributed by atoms with Crippen molar-refractivity contribution in [3.05, 3.63) is 41.2 Å². The number of aromatic nitrogens is 2. The highest BCUT2D eigenvalue weighted by molar-refractivity contribution is 6.30. The van der Waals surface area contributed by atoms with Gasteiger partial charge in [0.1, 0.15) is 0 Å². The van der Waals surface area contributed by atoms with Crippen molar-refractivity contribution in [2.45, 2.75) is 6.61 Å². The molecular weight excluding hydrogens is 226 g/mol. The average molecular weight is 238 g/mol. The van der Waals surface area contributed by atoms with Crippen LogP contribution in [0.1, 0.15) is 5.56 Å². The van der Waals surface area contributed by atoms with Gasteiger partial charge in [-0.1, -0.05) is 11.6 Å². The lowest BCUT2D eigenvalue weighted by molar-refractivity contribution is 0.282. The predicted molar refractivity (Wildman–Crippen MR) is 64.0 cm³/mol. The van der Waals surface area contributed by atoms with Crippen molar-refractivity contribution >= 4 is 17.3 Å². The molecule has 16 heavy (non-hydrogen) atoms.